The van der Waals surface area contributed by atoms with Gasteiger partial charge in [-0.2, -0.15) is 0 Å². The van der Waals surface area contributed by atoms with Gasteiger partial charge in [0, 0.05) is 10.7 Å². The summed E-state index contributed by atoms with van der Waals surface area (Å²) in [6, 6.07) is 1.60. The van der Waals surface area contributed by atoms with E-state index in [0.717, 1.165) is 0 Å². The Kier molecular flexibility index (Phi) is 4.34. The highest BCUT2D eigenvalue weighted by atomic mass is 79.9. The zero-order valence-corrected chi connectivity index (χ0v) is 9.01. The van der Waals surface area contributed by atoms with Gasteiger partial charge in [-0.1, -0.05) is 0 Å². The topological polar surface area (TPSA) is 31.4 Å². The van der Waals surface area contributed by atoms with Gasteiger partial charge >= 0.3 is 6.36 Å². The standard InChI is InChI=1S/C8H7BrF3NO2/c9-6-3-7(5-13-4-6)14-1-2-15-8(10,11)12/h3-5H,1-2H2. The Labute approximate surface area is 92.3 Å². The maximum absolute atomic E-state index is 11.5. The Hall–Kier alpha value is -0.820. The lowest BCUT2D eigenvalue weighted by Gasteiger charge is -2.08. The number of aromatic nitrogens is 1. The van der Waals surface area contributed by atoms with Crippen LogP contribution in [0.25, 0.3) is 0 Å². The fourth-order valence-corrected chi connectivity index (χ4v) is 1.13. The number of hydrogen-bond acceptors (Lipinski definition) is 3. The third kappa shape index (κ3) is 5.58. The summed E-state index contributed by atoms with van der Waals surface area (Å²) in [7, 11) is 0. The molecule has 84 valence electrons. The Morgan fingerprint density at radius 3 is 2.60 bits per heavy atom. The zero-order valence-electron chi connectivity index (χ0n) is 7.42. The van der Waals surface area contributed by atoms with Crippen molar-refractivity contribution >= 4 is 15.9 Å². The maximum atomic E-state index is 11.5. The molecule has 3 nitrogen and oxygen atoms in total. The van der Waals surface area contributed by atoms with E-state index in [1.807, 2.05) is 0 Å². The van der Waals surface area contributed by atoms with Crippen LogP contribution in [0.2, 0.25) is 0 Å². The van der Waals surface area contributed by atoms with Crippen LogP contribution < -0.4 is 4.74 Å². The summed E-state index contributed by atoms with van der Waals surface area (Å²) in [5.74, 6) is 0.384. The summed E-state index contributed by atoms with van der Waals surface area (Å²) in [4.78, 5) is 3.78. The molecule has 0 aliphatic heterocycles. The Morgan fingerprint density at radius 2 is 2.00 bits per heavy atom. The number of rotatable bonds is 4. The molecule has 0 aromatic carbocycles. The molecule has 0 amide bonds. The van der Waals surface area contributed by atoms with Crippen molar-refractivity contribution in [2.24, 2.45) is 0 Å². The largest absolute Gasteiger partial charge is 0.522 e. The van der Waals surface area contributed by atoms with E-state index in [1.54, 1.807) is 12.3 Å². The van der Waals surface area contributed by atoms with Crippen LogP contribution in [0.15, 0.2) is 22.9 Å². The zero-order chi connectivity index (χ0) is 11.3. The highest BCUT2D eigenvalue weighted by Crippen LogP contribution is 2.17. The second-order valence-electron chi connectivity index (χ2n) is 2.48. The highest BCUT2D eigenvalue weighted by molar-refractivity contribution is 9.10. The van der Waals surface area contributed by atoms with Gasteiger partial charge in [-0.3, -0.25) is 9.72 Å². The molecule has 0 spiro atoms. The third-order valence-electron chi connectivity index (χ3n) is 1.30. The minimum Gasteiger partial charge on any atom is -0.490 e. The van der Waals surface area contributed by atoms with Crippen molar-refractivity contribution < 1.29 is 22.6 Å². The monoisotopic (exact) mass is 285 g/mol. The van der Waals surface area contributed by atoms with Crippen molar-refractivity contribution in [2.75, 3.05) is 13.2 Å². The Morgan fingerprint density at radius 1 is 1.27 bits per heavy atom. The Bertz CT molecular complexity index is 319. The number of ether oxygens (including phenoxy) is 2. The second kappa shape index (κ2) is 5.32. The van der Waals surface area contributed by atoms with E-state index in [9.17, 15) is 13.2 Å². The quantitative estimate of drug-likeness (QED) is 0.797. The normalized spacial score (nSPS) is 11.5. The minimum absolute atomic E-state index is 0.183. The van der Waals surface area contributed by atoms with Crippen molar-refractivity contribution in [3.05, 3.63) is 22.9 Å². The van der Waals surface area contributed by atoms with Gasteiger partial charge in [0.15, 0.2) is 0 Å². The molecule has 1 aromatic heterocycles. The molecule has 0 saturated carbocycles. The number of halogens is 4. The molecule has 0 fully saturated rings. The molecule has 0 atom stereocenters. The average Bonchev–Trinajstić information content (AvgIpc) is 2.11. The molecule has 0 aliphatic rings. The molecular weight excluding hydrogens is 279 g/mol. The lowest BCUT2D eigenvalue weighted by molar-refractivity contribution is -0.325. The van der Waals surface area contributed by atoms with E-state index >= 15 is 0 Å². The van der Waals surface area contributed by atoms with Crippen molar-refractivity contribution in [3.63, 3.8) is 0 Å². The van der Waals surface area contributed by atoms with Crippen molar-refractivity contribution in [2.45, 2.75) is 6.36 Å². The molecule has 0 bridgehead atoms. The van der Waals surface area contributed by atoms with E-state index in [-0.39, 0.29) is 6.61 Å². The highest BCUT2D eigenvalue weighted by Gasteiger charge is 2.28. The van der Waals surface area contributed by atoms with Crippen molar-refractivity contribution in [1.82, 2.24) is 4.98 Å². The van der Waals surface area contributed by atoms with E-state index in [2.05, 4.69) is 25.7 Å². The molecule has 7 heteroatoms. The molecule has 0 radical (unpaired) electrons. The summed E-state index contributed by atoms with van der Waals surface area (Å²) >= 11 is 3.15. The van der Waals surface area contributed by atoms with Gasteiger partial charge in [-0.05, 0) is 22.0 Å². The summed E-state index contributed by atoms with van der Waals surface area (Å²) in [6.07, 6.45) is -1.67. The van der Waals surface area contributed by atoms with Crippen LogP contribution >= 0.6 is 15.9 Å². The minimum atomic E-state index is -4.61. The molecular formula is C8H7BrF3NO2. The SMILES string of the molecule is FC(F)(F)OCCOc1cncc(Br)c1. The van der Waals surface area contributed by atoms with E-state index in [4.69, 9.17) is 4.74 Å². The van der Waals surface area contributed by atoms with E-state index < -0.39 is 13.0 Å². The second-order valence-corrected chi connectivity index (χ2v) is 3.40. The van der Waals surface area contributed by atoms with Gasteiger partial charge in [-0.15, -0.1) is 13.2 Å². The smallest absolute Gasteiger partial charge is 0.490 e. The number of hydrogen-bond donors (Lipinski definition) is 0. The van der Waals surface area contributed by atoms with Gasteiger partial charge in [0.25, 0.3) is 0 Å². The average molecular weight is 286 g/mol. The predicted molar refractivity (Wildman–Crippen MR) is 49.4 cm³/mol. The first-order valence-corrected chi connectivity index (χ1v) is 4.71. The van der Waals surface area contributed by atoms with Gasteiger partial charge in [0.05, 0.1) is 12.8 Å². The summed E-state index contributed by atoms with van der Waals surface area (Å²) in [5, 5.41) is 0. The number of alkyl halides is 3. The van der Waals surface area contributed by atoms with Crippen LogP contribution in [0.3, 0.4) is 0 Å². The number of nitrogens with zero attached hydrogens (tertiary/aromatic N) is 1. The molecule has 1 heterocycles. The molecule has 0 unspecified atom stereocenters. The first-order valence-electron chi connectivity index (χ1n) is 3.91. The van der Waals surface area contributed by atoms with Gasteiger partial charge in [0.2, 0.25) is 0 Å². The molecule has 0 N–H and O–H groups in total. The molecule has 15 heavy (non-hydrogen) atoms. The van der Waals surface area contributed by atoms with Crippen LogP contribution in [0.4, 0.5) is 13.2 Å². The van der Waals surface area contributed by atoms with Gasteiger partial charge in [-0.25, -0.2) is 0 Å². The summed E-state index contributed by atoms with van der Waals surface area (Å²) in [6.45, 7) is -0.729. The van der Waals surface area contributed by atoms with Crippen molar-refractivity contribution in [3.8, 4) is 5.75 Å². The lowest BCUT2D eigenvalue weighted by Crippen LogP contribution is -2.18. The van der Waals surface area contributed by atoms with E-state index in [1.165, 1.54) is 6.20 Å². The molecule has 0 aliphatic carbocycles. The fraction of sp³-hybridized carbons (Fsp3) is 0.375. The fourth-order valence-electron chi connectivity index (χ4n) is 0.788. The molecule has 1 rings (SSSR count). The van der Waals surface area contributed by atoms with Gasteiger partial charge < -0.3 is 4.74 Å². The van der Waals surface area contributed by atoms with Gasteiger partial charge in [0.1, 0.15) is 12.4 Å². The molecule has 0 saturated heterocycles. The van der Waals surface area contributed by atoms with Crippen LogP contribution in [-0.2, 0) is 4.74 Å². The maximum Gasteiger partial charge on any atom is 0.522 e. The summed E-state index contributed by atoms with van der Waals surface area (Å²) in [5.41, 5.74) is 0. The van der Waals surface area contributed by atoms with Crippen LogP contribution in [0.1, 0.15) is 0 Å². The summed E-state index contributed by atoms with van der Waals surface area (Å²) < 4.78 is 43.8. The van der Waals surface area contributed by atoms with Crippen LogP contribution in [0, 0.1) is 0 Å². The van der Waals surface area contributed by atoms with Crippen molar-refractivity contribution in [1.29, 1.82) is 0 Å². The van der Waals surface area contributed by atoms with E-state index in [0.29, 0.717) is 10.2 Å². The number of pyridine rings is 1. The predicted octanol–water partition coefficient (Wildman–Crippen LogP) is 2.76. The lowest BCUT2D eigenvalue weighted by atomic mass is 10.5. The first kappa shape index (κ1) is 12.3. The molecule has 1 aromatic rings. The Balaban J connectivity index is 2.26. The third-order valence-corrected chi connectivity index (χ3v) is 1.73. The van der Waals surface area contributed by atoms with Crippen LogP contribution in [-0.4, -0.2) is 24.6 Å². The first-order chi connectivity index (χ1) is 6.97. The van der Waals surface area contributed by atoms with Crippen LogP contribution in [0.5, 0.6) is 5.75 Å².